The third kappa shape index (κ3) is 6.67. The Kier molecular flexibility index (Phi) is 9.06. The van der Waals surface area contributed by atoms with Crippen LogP contribution in [0.3, 0.4) is 0 Å². The number of aromatic nitrogens is 1. The Morgan fingerprint density at radius 2 is 0.746 bits per heavy atom. The second-order valence-electron chi connectivity index (χ2n) is 16.2. The molecule has 0 amide bonds. The minimum Gasteiger partial charge on any atom is -0.311 e. The molecule has 63 heavy (non-hydrogen) atoms. The molecular formula is C60H40N2S. The molecule has 0 saturated carbocycles. The molecule has 12 aromatic rings. The first-order valence-electron chi connectivity index (χ1n) is 21.5. The number of benzene rings is 10. The van der Waals surface area contributed by atoms with E-state index in [1.165, 1.54) is 86.5 Å². The van der Waals surface area contributed by atoms with Crippen LogP contribution in [-0.4, -0.2) is 4.57 Å². The summed E-state index contributed by atoms with van der Waals surface area (Å²) in [6.07, 6.45) is 0. The highest BCUT2D eigenvalue weighted by molar-refractivity contribution is 7.25. The molecule has 2 heterocycles. The maximum atomic E-state index is 2.41. The average molecular weight is 821 g/mol. The van der Waals surface area contributed by atoms with Crippen molar-refractivity contribution in [3.05, 3.63) is 243 Å². The summed E-state index contributed by atoms with van der Waals surface area (Å²) in [7, 11) is 0. The highest BCUT2D eigenvalue weighted by Gasteiger charge is 2.17. The third-order valence-electron chi connectivity index (χ3n) is 12.4. The summed E-state index contributed by atoms with van der Waals surface area (Å²) in [6.45, 7) is 0. The van der Waals surface area contributed by atoms with Crippen LogP contribution in [0.4, 0.5) is 17.1 Å². The van der Waals surface area contributed by atoms with Gasteiger partial charge in [0.1, 0.15) is 0 Å². The highest BCUT2D eigenvalue weighted by Crippen LogP contribution is 2.41. The fourth-order valence-corrected chi connectivity index (χ4v) is 10.4. The molecule has 3 heteroatoms. The Morgan fingerprint density at radius 1 is 0.270 bits per heavy atom. The van der Waals surface area contributed by atoms with Gasteiger partial charge in [0, 0.05) is 53.7 Å². The molecule has 0 unspecified atom stereocenters. The van der Waals surface area contributed by atoms with Crippen molar-refractivity contribution in [2.45, 2.75) is 0 Å². The van der Waals surface area contributed by atoms with Crippen molar-refractivity contribution in [1.29, 1.82) is 0 Å². The zero-order valence-corrected chi connectivity index (χ0v) is 35.2. The molecule has 0 aliphatic rings. The summed E-state index contributed by atoms with van der Waals surface area (Å²) >= 11 is 1.86. The van der Waals surface area contributed by atoms with E-state index in [0.717, 1.165) is 22.7 Å². The van der Waals surface area contributed by atoms with Gasteiger partial charge in [-0.15, -0.1) is 11.3 Å². The Balaban J connectivity index is 0.876. The standard InChI is InChI=1S/C60H40N2S/c1-4-13-41(14-5-1)46-28-35-57-55(38-46)53-34-27-48(40-58(53)62(57)50-19-8-3-9-20-50)45-16-12-15-44(37-45)42-23-30-51(31-24-42)61(49-17-6-2-7-18-49)52-32-25-43(26-33-52)47-29-36-60-56(39-47)54-21-10-11-22-59(54)63-60/h1-40H. The minimum atomic E-state index is 1.11. The van der Waals surface area contributed by atoms with Crippen LogP contribution in [0.25, 0.3) is 92.2 Å². The number of hydrogen-bond donors (Lipinski definition) is 0. The van der Waals surface area contributed by atoms with Crippen molar-refractivity contribution in [3.63, 3.8) is 0 Å². The van der Waals surface area contributed by atoms with E-state index >= 15 is 0 Å². The van der Waals surface area contributed by atoms with E-state index in [-0.39, 0.29) is 0 Å². The van der Waals surface area contributed by atoms with Crippen molar-refractivity contribution in [2.24, 2.45) is 0 Å². The lowest BCUT2D eigenvalue weighted by atomic mass is 9.97. The van der Waals surface area contributed by atoms with Crippen LogP contribution < -0.4 is 4.90 Å². The van der Waals surface area contributed by atoms with Crippen LogP contribution >= 0.6 is 11.3 Å². The number of rotatable bonds is 8. The fourth-order valence-electron chi connectivity index (χ4n) is 9.28. The Hall–Kier alpha value is -7.98. The molecule has 0 atom stereocenters. The third-order valence-corrected chi connectivity index (χ3v) is 13.5. The molecule has 0 radical (unpaired) electrons. The lowest BCUT2D eigenvalue weighted by Gasteiger charge is -2.26. The van der Waals surface area contributed by atoms with Gasteiger partial charge in [0.25, 0.3) is 0 Å². The molecule has 10 aromatic carbocycles. The molecule has 296 valence electrons. The summed E-state index contributed by atoms with van der Waals surface area (Å²) in [5.41, 5.74) is 16.5. The van der Waals surface area contributed by atoms with E-state index in [2.05, 4.69) is 252 Å². The molecule has 0 aliphatic heterocycles. The maximum Gasteiger partial charge on any atom is 0.0547 e. The average Bonchev–Trinajstić information content (AvgIpc) is 3.90. The first-order chi connectivity index (χ1) is 31.2. The number of thiophene rings is 1. The lowest BCUT2D eigenvalue weighted by molar-refractivity contribution is 1.18. The van der Waals surface area contributed by atoms with Gasteiger partial charge >= 0.3 is 0 Å². The van der Waals surface area contributed by atoms with E-state index in [1.807, 2.05) is 11.3 Å². The van der Waals surface area contributed by atoms with Crippen LogP contribution in [0.2, 0.25) is 0 Å². The largest absolute Gasteiger partial charge is 0.311 e. The van der Waals surface area contributed by atoms with Gasteiger partial charge in [-0.1, -0.05) is 152 Å². The fraction of sp³-hybridized carbons (Fsp3) is 0. The summed E-state index contributed by atoms with van der Waals surface area (Å²) in [6, 6.07) is 88.3. The smallest absolute Gasteiger partial charge is 0.0547 e. The second-order valence-corrected chi connectivity index (χ2v) is 17.2. The van der Waals surface area contributed by atoms with E-state index in [9.17, 15) is 0 Å². The van der Waals surface area contributed by atoms with Gasteiger partial charge in [0.05, 0.1) is 11.0 Å². The molecule has 12 rings (SSSR count). The van der Waals surface area contributed by atoms with Gasteiger partial charge in [-0.05, 0) is 136 Å². The lowest BCUT2D eigenvalue weighted by Crippen LogP contribution is -2.09. The first-order valence-corrected chi connectivity index (χ1v) is 22.3. The SMILES string of the molecule is c1ccc(-c2ccc3c(c2)c2ccc(-c4cccc(-c5ccc(N(c6ccccc6)c6ccc(-c7ccc8sc9ccccc9c8c7)cc6)cc5)c4)cc2n3-c2ccccc2)cc1. The molecule has 0 aliphatic carbocycles. The number of nitrogens with zero attached hydrogens (tertiary/aromatic N) is 2. The van der Waals surface area contributed by atoms with Crippen LogP contribution in [-0.2, 0) is 0 Å². The maximum absolute atomic E-state index is 2.41. The Morgan fingerprint density at radius 3 is 1.46 bits per heavy atom. The van der Waals surface area contributed by atoms with Crippen molar-refractivity contribution in [1.82, 2.24) is 4.57 Å². The molecular weight excluding hydrogens is 781 g/mol. The molecule has 2 aromatic heterocycles. The van der Waals surface area contributed by atoms with E-state index in [1.54, 1.807) is 0 Å². The number of anilines is 3. The molecule has 0 spiro atoms. The van der Waals surface area contributed by atoms with Crippen LogP contribution in [0.5, 0.6) is 0 Å². The topological polar surface area (TPSA) is 8.17 Å². The predicted molar refractivity (Wildman–Crippen MR) is 270 cm³/mol. The predicted octanol–water partition coefficient (Wildman–Crippen LogP) is 17.3. The van der Waals surface area contributed by atoms with Crippen LogP contribution in [0.1, 0.15) is 0 Å². The normalized spacial score (nSPS) is 11.5. The van der Waals surface area contributed by atoms with Gasteiger partial charge in [0.2, 0.25) is 0 Å². The van der Waals surface area contributed by atoms with Gasteiger partial charge in [-0.2, -0.15) is 0 Å². The molecule has 2 nitrogen and oxygen atoms in total. The monoisotopic (exact) mass is 820 g/mol. The van der Waals surface area contributed by atoms with Crippen molar-refractivity contribution in [2.75, 3.05) is 4.90 Å². The van der Waals surface area contributed by atoms with E-state index in [4.69, 9.17) is 0 Å². The molecule has 0 bridgehead atoms. The van der Waals surface area contributed by atoms with Crippen molar-refractivity contribution in [3.8, 4) is 50.2 Å². The van der Waals surface area contributed by atoms with Gasteiger partial charge in [0.15, 0.2) is 0 Å². The van der Waals surface area contributed by atoms with E-state index in [0.29, 0.717) is 0 Å². The van der Waals surface area contributed by atoms with Crippen LogP contribution in [0.15, 0.2) is 243 Å². The second kappa shape index (κ2) is 15.5. The zero-order chi connectivity index (χ0) is 41.7. The molecule has 0 N–H and O–H groups in total. The van der Waals surface area contributed by atoms with Crippen molar-refractivity contribution >= 4 is 70.4 Å². The minimum absolute atomic E-state index is 1.11. The van der Waals surface area contributed by atoms with E-state index < -0.39 is 0 Å². The molecule has 0 saturated heterocycles. The number of para-hydroxylation sites is 2. The van der Waals surface area contributed by atoms with Gasteiger partial charge in [-0.25, -0.2) is 0 Å². The van der Waals surface area contributed by atoms with Crippen LogP contribution in [0, 0.1) is 0 Å². The Labute approximate surface area is 370 Å². The molecule has 0 fully saturated rings. The summed E-state index contributed by atoms with van der Waals surface area (Å²) in [5, 5.41) is 5.14. The number of fused-ring (bicyclic) bond motifs is 6. The quantitative estimate of drug-likeness (QED) is 0.148. The van der Waals surface area contributed by atoms with Gasteiger partial charge in [-0.3, -0.25) is 0 Å². The summed E-state index contributed by atoms with van der Waals surface area (Å²) in [4.78, 5) is 2.34. The number of hydrogen-bond acceptors (Lipinski definition) is 2. The zero-order valence-electron chi connectivity index (χ0n) is 34.4. The summed E-state index contributed by atoms with van der Waals surface area (Å²) < 4.78 is 5.06. The van der Waals surface area contributed by atoms with Crippen molar-refractivity contribution < 1.29 is 0 Å². The Bertz CT molecular complexity index is 3590. The summed E-state index contributed by atoms with van der Waals surface area (Å²) in [5.74, 6) is 0. The first kappa shape index (κ1) is 36.8. The van der Waals surface area contributed by atoms with Gasteiger partial charge < -0.3 is 9.47 Å². The highest BCUT2D eigenvalue weighted by atomic mass is 32.1.